The number of aryl methyl sites for hydroxylation is 3. The summed E-state index contributed by atoms with van der Waals surface area (Å²) in [5.41, 5.74) is 7.12. The van der Waals surface area contributed by atoms with Crippen LogP contribution in [-0.2, 0) is 10.8 Å². The first kappa shape index (κ1) is 59.6. The number of nitrogens with one attached hydrogen (secondary N) is 4. The molecule has 6 rings (SSSR count). The molecule has 0 fully saturated rings. The third kappa shape index (κ3) is 19.5. The first-order valence-electron chi connectivity index (χ1n) is 26.7. The molecule has 0 aliphatic rings. The first-order chi connectivity index (χ1) is 35.7. The van der Waals surface area contributed by atoms with Gasteiger partial charge in [-0.05, 0) is 133 Å². The summed E-state index contributed by atoms with van der Waals surface area (Å²) in [6.45, 7) is 30.8. The molecule has 0 spiro atoms. The Balaban J connectivity index is 0.000000284. The highest BCUT2D eigenvalue weighted by molar-refractivity contribution is 6.06. The number of anilines is 4. The molecule has 4 aromatic carbocycles. The third-order valence-electron chi connectivity index (χ3n) is 12.6. The van der Waals surface area contributed by atoms with Gasteiger partial charge in [0.15, 0.2) is 0 Å². The number of ether oxygens (including phenoxy) is 1. The van der Waals surface area contributed by atoms with Crippen LogP contribution in [0.15, 0.2) is 109 Å². The highest BCUT2D eigenvalue weighted by Crippen LogP contribution is 2.37. The Kier molecular flexibility index (Phi) is 20.8. The predicted octanol–water partition coefficient (Wildman–Crippen LogP) is 15.1. The highest BCUT2D eigenvalue weighted by atomic mass is 16.5. The van der Waals surface area contributed by atoms with Gasteiger partial charge in [0.05, 0.1) is 6.61 Å². The zero-order valence-electron chi connectivity index (χ0n) is 47.6. The second-order valence-electron chi connectivity index (χ2n) is 23.7. The predicted molar refractivity (Wildman–Crippen MR) is 309 cm³/mol. The summed E-state index contributed by atoms with van der Waals surface area (Å²) in [6.07, 6.45) is 9.32. The largest absolute Gasteiger partial charge is 0.494 e. The van der Waals surface area contributed by atoms with Crippen molar-refractivity contribution in [3.8, 4) is 5.75 Å². The van der Waals surface area contributed by atoms with Crippen LogP contribution < -0.4 is 26.0 Å². The van der Waals surface area contributed by atoms with E-state index in [0.717, 1.165) is 30.6 Å². The van der Waals surface area contributed by atoms with Gasteiger partial charge in [-0.1, -0.05) is 150 Å². The Morgan fingerprint density at radius 3 is 1.16 bits per heavy atom. The van der Waals surface area contributed by atoms with Crippen LogP contribution in [0.2, 0.25) is 0 Å². The van der Waals surface area contributed by atoms with Crippen LogP contribution in [0.5, 0.6) is 5.75 Å². The molecule has 404 valence electrons. The van der Waals surface area contributed by atoms with Crippen molar-refractivity contribution in [1.29, 1.82) is 0 Å². The zero-order chi connectivity index (χ0) is 55.8. The Labute approximate surface area is 452 Å². The summed E-state index contributed by atoms with van der Waals surface area (Å²) in [7, 11) is 0. The second kappa shape index (κ2) is 26.5. The summed E-state index contributed by atoms with van der Waals surface area (Å²) in [5.74, 6) is 0.453. The second-order valence-corrected chi connectivity index (χ2v) is 23.7. The molecular weight excluding hydrogens is 949 g/mol. The van der Waals surface area contributed by atoms with E-state index in [9.17, 15) is 19.2 Å². The van der Waals surface area contributed by atoms with Crippen molar-refractivity contribution < 1.29 is 23.9 Å². The van der Waals surface area contributed by atoms with Gasteiger partial charge in [0.2, 0.25) is 11.9 Å². The third-order valence-corrected chi connectivity index (χ3v) is 12.6. The maximum Gasteiger partial charge on any atom is 0.258 e. The van der Waals surface area contributed by atoms with Crippen molar-refractivity contribution in [2.24, 2.45) is 10.8 Å². The fourth-order valence-corrected chi connectivity index (χ4v) is 9.58. The number of nitrogens with zero attached hydrogens (tertiary/aromatic N) is 4. The van der Waals surface area contributed by atoms with Crippen LogP contribution in [-0.4, -0.2) is 50.2 Å². The lowest BCUT2D eigenvalue weighted by Gasteiger charge is -2.33. The first-order valence-corrected chi connectivity index (χ1v) is 26.7. The van der Waals surface area contributed by atoms with Gasteiger partial charge in [-0.15, -0.1) is 0 Å². The molecule has 6 aromatic rings. The molecule has 0 radical (unpaired) electrons. The number of hydrogen-bond donors (Lipinski definition) is 4. The van der Waals surface area contributed by atoms with Gasteiger partial charge in [-0.2, -0.15) is 9.97 Å². The van der Waals surface area contributed by atoms with Crippen LogP contribution in [0.1, 0.15) is 197 Å². The van der Waals surface area contributed by atoms with Crippen molar-refractivity contribution in [3.63, 3.8) is 0 Å². The van der Waals surface area contributed by atoms with Gasteiger partial charge in [-0.25, -0.2) is 9.97 Å². The Hall–Kier alpha value is -7.28. The Morgan fingerprint density at radius 2 is 0.776 bits per heavy atom. The van der Waals surface area contributed by atoms with Crippen LogP contribution in [0.3, 0.4) is 0 Å². The van der Waals surface area contributed by atoms with E-state index in [4.69, 9.17) is 4.74 Å². The normalized spacial score (nSPS) is 11.7. The quantitative estimate of drug-likeness (QED) is 0.0542. The number of hydrogen-bond acceptors (Lipinski definition) is 9. The average molecular weight is 1030 g/mol. The maximum absolute atomic E-state index is 13.0. The highest BCUT2D eigenvalue weighted by Gasteiger charge is 2.29. The molecule has 2 aromatic heterocycles. The molecule has 2 heterocycles. The molecule has 76 heavy (non-hydrogen) atoms. The van der Waals surface area contributed by atoms with Gasteiger partial charge < -0.3 is 15.4 Å². The molecule has 0 saturated carbocycles. The molecule has 0 aliphatic carbocycles. The smallest absolute Gasteiger partial charge is 0.258 e. The maximum atomic E-state index is 13.0. The lowest BCUT2D eigenvalue weighted by molar-refractivity contribution is 0.101. The van der Waals surface area contributed by atoms with E-state index in [1.54, 1.807) is 62.4 Å². The van der Waals surface area contributed by atoms with Gasteiger partial charge in [0.1, 0.15) is 17.4 Å². The van der Waals surface area contributed by atoms with Crippen LogP contribution in [0.4, 0.5) is 23.5 Å². The summed E-state index contributed by atoms with van der Waals surface area (Å²) in [6, 6.07) is 33.0. The zero-order valence-corrected chi connectivity index (χ0v) is 47.6. The van der Waals surface area contributed by atoms with E-state index >= 15 is 0 Å². The standard InChI is InChI=1S/C35H48N4O2.C28H34N4O3/c1-23-20-28(37-29(40)24-12-16-26(17-13-24)34(8,9)21-32(2,3)4)38-31(36-23)39-30(41)25-14-18-27(19-15-25)35(10,11)22-33(5,6)7;1-4-5-6-7-8-9-18-35-24-16-14-23(15-17-24)27(34)32-28-29-21(3)19-25(31-28)30-26(33)22-12-10-20(2)11-13-22/h12-20H,21-22H2,1-11H3,(H2,36,37,38,39,40,41);10-17,19H,4-9,18H2,1-3H3,(H2,29,30,31,32,33,34). The molecule has 4 N–H and O–H groups in total. The molecule has 0 bridgehead atoms. The molecule has 0 unspecified atom stereocenters. The fraction of sp³-hybridized carbons (Fsp3) is 0.429. The molecule has 0 saturated heterocycles. The summed E-state index contributed by atoms with van der Waals surface area (Å²) in [4.78, 5) is 68.5. The molecule has 13 nitrogen and oxygen atoms in total. The van der Waals surface area contributed by atoms with E-state index in [-0.39, 0.29) is 57.2 Å². The number of carbonyl (C=O) groups excluding carboxylic acids is 4. The Bertz CT molecular complexity index is 2780. The van der Waals surface area contributed by atoms with E-state index in [0.29, 0.717) is 51.9 Å². The lowest BCUT2D eigenvalue weighted by Crippen LogP contribution is -2.25. The van der Waals surface area contributed by atoms with Crippen LogP contribution in [0.25, 0.3) is 0 Å². The Morgan fingerprint density at radius 1 is 0.434 bits per heavy atom. The topological polar surface area (TPSA) is 177 Å². The van der Waals surface area contributed by atoms with Crippen molar-refractivity contribution in [2.45, 2.75) is 159 Å². The van der Waals surface area contributed by atoms with Crippen molar-refractivity contribution in [3.05, 3.63) is 160 Å². The molecule has 0 atom stereocenters. The summed E-state index contributed by atoms with van der Waals surface area (Å²) >= 11 is 0. The number of unbranched alkanes of at least 4 members (excludes halogenated alkanes) is 5. The van der Waals surface area contributed by atoms with Gasteiger partial charge in [0.25, 0.3) is 23.6 Å². The monoisotopic (exact) mass is 1030 g/mol. The van der Waals surface area contributed by atoms with Crippen LogP contribution in [0, 0.1) is 31.6 Å². The van der Waals surface area contributed by atoms with Gasteiger partial charge in [0, 0.05) is 45.8 Å². The minimum atomic E-state index is -0.339. The van der Waals surface area contributed by atoms with Gasteiger partial charge in [-0.3, -0.25) is 29.8 Å². The molecule has 4 amide bonds. The molecular formula is C63H82N8O5. The molecule has 13 heteroatoms. The van der Waals surface area contributed by atoms with Crippen molar-refractivity contribution in [1.82, 2.24) is 19.9 Å². The van der Waals surface area contributed by atoms with Gasteiger partial charge >= 0.3 is 0 Å². The van der Waals surface area contributed by atoms with Crippen LogP contribution >= 0.6 is 0 Å². The minimum absolute atomic E-state index is 0.00686. The lowest BCUT2D eigenvalue weighted by atomic mass is 9.72. The van der Waals surface area contributed by atoms with Crippen molar-refractivity contribution in [2.75, 3.05) is 27.9 Å². The summed E-state index contributed by atoms with van der Waals surface area (Å²) in [5, 5.41) is 11.1. The van der Waals surface area contributed by atoms with E-state index in [1.165, 1.54) is 43.2 Å². The molecule has 0 aliphatic heterocycles. The van der Waals surface area contributed by atoms with E-state index in [1.807, 2.05) is 67.6 Å². The number of amides is 4. The number of carbonyl (C=O) groups is 4. The minimum Gasteiger partial charge on any atom is -0.494 e. The van der Waals surface area contributed by atoms with E-state index < -0.39 is 0 Å². The van der Waals surface area contributed by atoms with Crippen molar-refractivity contribution >= 4 is 47.2 Å². The number of rotatable bonds is 20. The fourth-order valence-electron chi connectivity index (χ4n) is 9.58. The number of benzene rings is 4. The number of aromatic nitrogens is 4. The summed E-state index contributed by atoms with van der Waals surface area (Å²) < 4.78 is 5.78. The van der Waals surface area contributed by atoms with E-state index in [2.05, 4.69) is 117 Å². The average Bonchev–Trinajstić information content (AvgIpc) is 3.32. The SMILES string of the molecule is CCCCCCCCOc1ccc(C(=O)Nc2nc(C)cc(NC(=O)c3ccc(C)cc3)n2)cc1.Cc1cc(NC(=O)c2ccc(C(C)(C)CC(C)(C)C)cc2)nc(NC(=O)c2ccc(C(C)(C)CC(C)(C)C)cc2)n1.